The maximum Gasteiger partial charge on any atom is 0.230 e. The molecule has 1 aliphatic rings. The Labute approximate surface area is 146 Å². The van der Waals surface area contributed by atoms with Gasteiger partial charge >= 0.3 is 0 Å². The summed E-state index contributed by atoms with van der Waals surface area (Å²) >= 11 is 0. The van der Waals surface area contributed by atoms with Crippen molar-refractivity contribution in [1.82, 2.24) is 19.7 Å². The van der Waals surface area contributed by atoms with Crippen molar-refractivity contribution >= 4 is 22.6 Å². The number of carbonyl (C=O) groups excluding carboxylic acids is 1. The van der Waals surface area contributed by atoms with Crippen LogP contribution in [0.2, 0.25) is 0 Å². The van der Waals surface area contributed by atoms with Crippen LogP contribution in [-0.2, 0) is 30.7 Å². The largest absolute Gasteiger partial charge is 0.343 e. The SMILES string of the molecule is CCn1nccc1NC(=O)Cc1c2n(c3ccccc13)CCNCC2. The van der Waals surface area contributed by atoms with Crippen molar-refractivity contribution in [2.45, 2.75) is 32.9 Å². The first-order chi connectivity index (χ1) is 12.3. The normalized spacial score (nSPS) is 14.3. The molecule has 4 rings (SSSR count). The maximum atomic E-state index is 12.7. The third-order valence-electron chi connectivity index (χ3n) is 4.87. The van der Waals surface area contributed by atoms with Gasteiger partial charge in [-0.15, -0.1) is 0 Å². The first kappa shape index (κ1) is 15.9. The molecule has 0 unspecified atom stereocenters. The number of amides is 1. The van der Waals surface area contributed by atoms with Gasteiger partial charge in [0.2, 0.25) is 5.91 Å². The molecule has 130 valence electrons. The van der Waals surface area contributed by atoms with Crippen LogP contribution in [0.4, 0.5) is 5.82 Å². The zero-order valence-electron chi connectivity index (χ0n) is 14.5. The molecule has 1 amide bonds. The highest BCUT2D eigenvalue weighted by atomic mass is 16.1. The van der Waals surface area contributed by atoms with E-state index in [4.69, 9.17) is 0 Å². The molecule has 6 heteroatoms. The Morgan fingerprint density at radius 2 is 2.16 bits per heavy atom. The van der Waals surface area contributed by atoms with Gasteiger partial charge in [0, 0.05) is 55.3 Å². The Hall–Kier alpha value is -2.60. The van der Waals surface area contributed by atoms with Crippen LogP contribution in [0, 0.1) is 0 Å². The van der Waals surface area contributed by atoms with Gasteiger partial charge in [-0.2, -0.15) is 5.10 Å². The van der Waals surface area contributed by atoms with E-state index in [0.29, 0.717) is 6.42 Å². The molecule has 1 aromatic carbocycles. The minimum absolute atomic E-state index is 0.00607. The first-order valence-electron chi connectivity index (χ1n) is 8.89. The van der Waals surface area contributed by atoms with Gasteiger partial charge in [-0.3, -0.25) is 4.79 Å². The van der Waals surface area contributed by atoms with Gasteiger partial charge in [-0.25, -0.2) is 4.68 Å². The molecule has 3 heterocycles. The van der Waals surface area contributed by atoms with Crippen molar-refractivity contribution in [1.29, 1.82) is 0 Å². The average Bonchev–Trinajstić information content (AvgIpc) is 3.08. The summed E-state index contributed by atoms with van der Waals surface area (Å²) in [5.74, 6) is 0.760. The fourth-order valence-corrected chi connectivity index (χ4v) is 3.73. The molecule has 2 N–H and O–H groups in total. The third kappa shape index (κ3) is 2.93. The second kappa shape index (κ2) is 6.72. The molecule has 2 aromatic heterocycles. The van der Waals surface area contributed by atoms with E-state index in [-0.39, 0.29) is 5.91 Å². The second-order valence-corrected chi connectivity index (χ2v) is 6.35. The number of hydrogen-bond donors (Lipinski definition) is 2. The zero-order valence-corrected chi connectivity index (χ0v) is 14.5. The lowest BCUT2D eigenvalue weighted by molar-refractivity contribution is -0.115. The van der Waals surface area contributed by atoms with Gasteiger partial charge in [0.1, 0.15) is 5.82 Å². The molecular formula is C19H23N5O. The summed E-state index contributed by atoms with van der Waals surface area (Å²) in [4.78, 5) is 12.7. The van der Waals surface area contributed by atoms with Crippen LogP contribution in [0.15, 0.2) is 36.5 Å². The van der Waals surface area contributed by atoms with Crippen molar-refractivity contribution in [3.8, 4) is 0 Å². The van der Waals surface area contributed by atoms with Crippen molar-refractivity contribution in [2.75, 3.05) is 18.4 Å². The molecule has 0 aliphatic carbocycles. The lowest BCUT2D eigenvalue weighted by Crippen LogP contribution is -2.19. The van der Waals surface area contributed by atoms with Crippen molar-refractivity contribution < 1.29 is 4.79 Å². The smallest absolute Gasteiger partial charge is 0.230 e. The lowest BCUT2D eigenvalue weighted by Gasteiger charge is -2.09. The summed E-state index contributed by atoms with van der Waals surface area (Å²) < 4.78 is 4.16. The molecule has 1 aliphatic heterocycles. The van der Waals surface area contributed by atoms with Crippen molar-refractivity contribution in [2.24, 2.45) is 0 Å². The summed E-state index contributed by atoms with van der Waals surface area (Å²) in [5, 5.41) is 11.8. The molecule has 6 nitrogen and oxygen atoms in total. The summed E-state index contributed by atoms with van der Waals surface area (Å²) in [6.45, 7) is 5.61. The minimum Gasteiger partial charge on any atom is -0.343 e. The summed E-state index contributed by atoms with van der Waals surface area (Å²) in [5.41, 5.74) is 3.66. The Morgan fingerprint density at radius 3 is 3.04 bits per heavy atom. The monoisotopic (exact) mass is 337 g/mol. The number of benzene rings is 1. The maximum absolute atomic E-state index is 12.7. The highest BCUT2D eigenvalue weighted by Gasteiger charge is 2.20. The number of hydrogen-bond acceptors (Lipinski definition) is 3. The molecule has 0 atom stereocenters. The van der Waals surface area contributed by atoms with Crippen LogP contribution in [0.3, 0.4) is 0 Å². The van der Waals surface area contributed by atoms with Crippen molar-refractivity contribution in [3.63, 3.8) is 0 Å². The number of anilines is 1. The molecule has 0 bridgehead atoms. The molecule has 0 radical (unpaired) electrons. The number of rotatable bonds is 4. The van der Waals surface area contributed by atoms with Gasteiger partial charge in [0.25, 0.3) is 0 Å². The van der Waals surface area contributed by atoms with Gasteiger partial charge < -0.3 is 15.2 Å². The van der Waals surface area contributed by atoms with E-state index in [9.17, 15) is 4.79 Å². The lowest BCUT2D eigenvalue weighted by atomic mass is 10.1. The minimum atomic E-state index is 0.00607. The van der Waals surface area contributed by atoms with Crippen LogP contribution in [0.25, 0.3) is 10.9 Å². The van der Waals surface area contributed by atoms with Crippen LogP contribution < -0.4 is 10.6 Å². The Morgan fingerprint density at radius 1 is 1.28 bits per heavy atom. The van der Waals surface area contributed by atoms with Crippen LogP contribution >= 0.6 is 0 Å². The topological polar surface area (TPSA) is 63.9 Å². The van der Waals surface area contributed by atoms with E-state index >= 15 is 0 Å². The van der Waals surface area contributed by atoms with Crippen LogP contribution in [-0.4, -0.2) is 33.3 Å². The van der Waals surface area contributed by atoms with Gasteiger partial charge in [0.05, 0.1) is 12.6 Å². The molecule has 0 fully saturated rings. The number of para-hydroxylation sites is 1. The predicted octanol–water partition coefficient (Wildman–Crippen LogP) is 2.18. The van der Waals surface area contributed by atoms with Crippen LogP contribution in [0.1, 0.15) is 18.2 Å². The standard InChI is InChI=1S/C19H23N5O/c1-2-24-18(8-10-21-24)22-19(25)13-15-14-5-3-4-6-16(14)23-12-11-20-9-7-17(15)23/h3-6,8,10,20H,2,7,9,11-13H2,1H3,(H,22,25). The first-order valence-corrected chi connectivity index (χ1v) is 8.89. The number of aryl methyl sites for hydroxylation is 1. The molecule has 0 spiro atoms. The van der Waals surface area contributed by atoms with Gasteiger partial charge in [-0.05, 0) is 18.6 Å². The Kier molecular flexibility index (Phi) is 4.28. The van der Waals surface area contributed by atoms with Gasteiger partial charge in [0.15, 0.2) is 0 Å². The summed E-state index contributed by atoms with van der Waals surface area (Å²) in [6, 6.07) is 10.2. The fraction of sp³-hybridized carbons (Fsp3) is 0.368. The molecule has 3 aromatic rings. The predicted molar refractivity (Wildman–Crippen MR) is 98.7 cm³/mol. The highest BCUT2D eigenvalue weighted by Crippen LogP contribution is 2.28. The summed E-state index contributed by atoms with van der Waals surface area (Å²) in [6.07, 6.45) is 3.05. The van der Waals surface area contributed by atoms with E-state index in [1.54, 1.807) is 10.9 Å². The van der Waals surface area contributed by atoms with E-state index in [1.165, 1.54) is 16.6 Å². The average molecular weight is 337 g/mol. The zero-order chi connectivity index (χ0) is 17.2. The van der Waals surface area contributed by atoms with Crippen molar-refractivity contribution in [3.05, 3.63) is 47.8 Å². The number of nitrogens with zero attached hydrogens (tertiary/aromatic N) is 3. The molecule has 0 saturated carbocycles. The van der Waals surface area contributed by atoms with E-state index in [2.05, 4.69) is 38.5 Å². The Bertz CT molecular complexity index is 908. The molecule has 0 saturated heterocycles. The number of fused-ring (bicyclic) bond motifs is 3. The summed E-state index contributed by atoms with van der Waals surface area (Å²) in [7, 11) is 0. The quantitative estimate of drug-likeness (QED) is 0.767. The van der Waals surface area contributed by atoms with E-state index in [1.807, 2.05) is 19.1 Å². The van der Waals surface area contributed by atoms with Crippen LogP contribution in [0.5, 0.6) is 0 Å². The fourth-order valence-electron chi connectivity index (χ4n) is 3.73. The number of aromatic nitrogens is 3. The van der Waals surface area contributed by atoms with E-state index < -0.39 is 0 Å². The second-order valence-electron chi connectivity index (χ2n) is 6.35. The number of carbonyl (C=O) groups is 1. The molecule has 25 heavy (non-hydrogen) atoms. The highest BCUT2D eigenvalue weighted by molar-refractivity contribution is 5.96. The third-order valence-corrected chi connectivity index (χ3v) is 4.87. The molecular weight excluding hydrogens is 314 g/mol. The number of nitrogens with one attached hydrogen (secondary N) is 2. The Balaban J connectivity index is 1.67. The van der Waals surface area contributed by atoms with Gasteiger partial charge in [-0.1, -0.05) is 18.2 Å². The van der Waals surface area contributed by atoms with E-state index in [0.717, 1.165) is 44.0 Å².